The zero-order valence-electron chi connectivity index (χ0n) is 11.0. The Hall–Kier alpha value is -1.96. The third kappa shape index (κ3) is 2.90. The van der Waals surface area contributed by atoms with Crippen LogP contribution in [0, 0.1) is 6.92 Å². The first-order valence-corrected chi connectivity index (χ1v) is 6.20. The molecule has 8 nitrogen and oxygen atoms in total. The maximum absolute atomic E-state index is 12.3. The normalized spacial score (nSPS) is 19.3. The first-order valence-electron chi connectivity index (χ1n) is 6.20. The van der Waals surface area contributed by atoms with E-state index in [2.05, 4.69) is 20.5 Å². The van der Waals surface area contributed by atoms with E-state index in [-0.39, 0.29) is 18.3 Å². The molecule has 0 saturated carbocycles. The molecule has 1 fully saturated rings. The molecule has 0 spiro atoms. The highest BCUT2D eigenvalue weighted by Crippen LogP contribution is 2.09. The first-order chi connectivity index (χ1) is 9.13. The van der Waals surface area contributed by atoms with Crippen LogP contribution in [0.4, 0.5) is 0 Å². The van der Waals surface area contributed by atoms with Crippen LogP contribution >= 0.6 is 0 Å². The number of ether oxygens (including phenoxy) is 1. The van der Waals surface area contributed by atoms with Crippen LogP contribution in [0.2, 0.25) is 0 Å². The van der Waals surface area contributed by atoms with Gasteiger partial charge in [-0.2, -0.15) is 0 Å². The summed E-state index contributed by atoms with van der Waals surface area (Å²) < 4.78 is 4.98. The predicted molar refractivity (Wildman–Crippen MR) is 65.4 cm³/mol. The van der Waals surface area contributed by atoms with Crippen molar-refractivity contribution >= 4 is 11.9 Å². The largest absolute Gasteiger partial charge is 0.464 e. The standard InChI is InChI=1S/C11H17N5O3/c1-3-19-11(18)8-6-12-4-5-16(8)10(17)9-13-7(2)14-15-9/h8,12H,3-6H2,1-2H3,(H,13,14,15). The molecule has 1 aliphatic heterocycles. The lowest BCUT2D eigenvalue weighted by atomic mass is 10.2. The Kier molecular flexibility index (Phi) is 4.10. The van der Waals surface area contributed by atoms with Gasteiger partial charge in [0.25, 0.3) is 5.91 Å². The number of carbonyl (C=O) groups excluding carboxylic acids is 2. The maximum atomic E-state index is 12.3. The maximum Gasteiger partial charge on any atom is 0.330 e. The molecule has 0 radical (unpaired) electrons. The Bertz CT molecular complexity index is 473. The molecule has 0 bridgehead atoms. The minimum atomic E-state index is -0.625. The van der Waals surface area contributed by atoms with Crippen LogP contribution in [0.5, 0.6) is 0 Å². The summed E-state index contributed by atoms with van der Waals surface area (Å²) >= 11 is 0. The molecular weight excluding hydrogens is 250 g/mol. The van der Waals surface area contributed by atoms with Gasteiger partial charge in [0, 0.05) is 19.6 Å². The van der Waals surface area contributed by atoms with Crippen LogP contribution in [0.15, 0.2) is 0 Å². The fourth-order valence-electron chi connectivity index (χ4n) is 1.96. The van der Waals surface area contributed by atoms with E-state index in [0.29, 0.717) is 25.5 Å². The molecule has 104 valence electrons. The molecule has 1 aromatic rings. The number of aryl methyl sites for hydroxylation is 1. The number of hydrogen-bond donors (Lipinski definition) is 2. The van der Waals surface area contributed by atoms with E-state index < -0.39 is 12.0 Å². The topological polar surface area (TPSA) is 100 Å². The molecule has 1 unspecified atom stereocenters. The molecule has 0 aliphatic carbocycles. The number of aromatic amines is 1. The van der Waals surface area contributed by atoms with Crippen molar-refractivity contribution in [2.75, 3.05) is 26.2 Å². The van der Waals surface area contributed by atoms with E-state index in [1.54, 1.807) is 13.8 Å². The van der Waals surface area contributed by atoms with Crippen molar-refractivity contribution in [1.29, 1.82) is 0 Å². The lowest BCUT2D eigenvalue weighted by Crippen LogP contribution is -2.57. The van der Waals surface area contributed by atoms with E-state index in [0.717, 1.165) is 0 Å². The molecule has 19 heavy (non-hydrogen) atoms. The van der Waals surface area contributed by atoms with Crippen LogP contribution in [0.3, 0.4) is 0 Å². The summed E-state index contributed by atoms with van der Waals surface area (Å²) in [5, 5.41) is 9.52. The fourth-order valence-corrected chi connectivity index (χ4v) is 1.96. The Balaban J connectivity index is 2.15. The Morgan fingerprint density at radius 2 is 2.32 bits per heavy atom. The molecule has 1 atom stereocenters. The molecule has 2 rings (SSSR count). The number of rotatable bonds is 3. The number of hydrogen-bond acceptors (Lipinski definition) is 6. The van der Waals surface area contributed by atoms with Gasteiger partial charge in [0.1, 0.15) is 11.9 Å². The molecule has 0 aromatic carbocycles. The lowest BCUT2D eigenvalue weighted by Gasteiger charge is -2.33. The van der Waals surface area contributed by atoms with Crippen molar-refractivity contribution < 1.29 is 14.3 Å². The van der Waals surface area contributed by atoms with Crippen LogP contribution < -0.4 is 5.32 Å². The molecule has 1 saturated heterocycles. The third-order valence-corrected chi connectivity index (χ3v) is 2.85. The number of aromatic nitrogens is 3. The van der Waals surface area contributed by atoms with Gasteiger partial charge in [0.2, 0.25) is 5.82 Å². The highest BCUT2D eigenvalue weighted by molar-refractivity contribution is 5.94. The van der Waals surface area contributed by atoms with Gasteiger partial charge in [-0.05, 0) is 13.8 Å². The Morgan fingerprint density at radius 3 is 2.95 bits per heavy atom. The van der Waals surface area contributed by atoms with Crippen LogP contribution in [0.1, 0.15) is 23.4 Å². The number of nitrogens with one attached hydrogen (secondary N) is 2. The molecule has 2 N–H and O–H groups in total. The van der Waals surface area contributed by atoms with Crippen LogP contribution in [0.25, 0.3) is 0 Å². The summed E-state index contributed by atoms with van der Waals surface area (Å²) in [6.45, 7) is 5.18. The Morgan fingerprint density at radius 1 is 1.53 bits per heavy atom. The second-order valence-corrected chi connectivity index (χ2v) is 4.21. The summed E-state index contributed by atoms with van der Waals surface area (Å²) in [5.74, 6) is -0.126. The predicted octanol–water partition coefficient (Wildman–Crippen LogP) is -0.910. The zero-order valence-corrected chi connectivity index (χ0v) is 11.0. The van der Waals surface area contributed by atoms with Crippen molar-refractivity contribution in [3.8, 4) is 0 Å². The SMILES string of the molecule is CCOC(=O)C1CNCCN1C(=O)c1n[nH]c(C)n1. The number of esters is 1. The molecule has 1 aliphatic rings. The van der Waals surface area contributed by atoms with E-state index in [4.69, 9.17) is 4.74 Å². The van der Waals surface area contributed by atoms with Gasteiger partial charge >= 0.3 is 5.97 Å². The summed E-state index contributed by atoms with van der Waals surface area (Å²) in [5.41, 5.74) is 0. The number of carbonyl (C=O) groups is 2. The van der Waals surface area contributed by atoms with E-state index in [1.165, 1.54) is 4.90 Å². The van der Waals surface area contributed by atoms with Gasteiger partial charge < -0.3 is 15.0 Å². The third-order valence-electron chi connectivity index (χ3n) is 2.85. The quantitative estimate of drug-likeness (QED) is 0.688. The second kappa shape index (κ2) is 5.79. The molecular formula is C11H17N5O3. The van der Waals surface area contributed by atoms with Gasteiger partial charge in [0.15, 0.2) is 0 Å². The molecule has 8 heteroatoms. The van der Waals surface area contributed by atoms with Crippen molar-refractivity contribution in [3.63, 3.8) is 0 Å². The van der Waals surface area contributed by atoms with Crippen molar-refractivity contribution in [3.05, 3.63) is 11.6 Å². The average Bonchev–Trinajstić information content (AvgIpc) is 2.85. The minimum absolute atomic E-state index is 0.0775. The van der Waals surface area contributed by atoms with Gasteiger partial charge in [-0.1, -0.05) is 0 Å². The van der Waals surface area contributed by atoms with E-state index in [9.17, 15) is 9.59 Å². The van der Waals surface area contributed by atoms with Crippen LogP contribution in [-0.4, -0.2) is 64.2 Å². The van der Waals surface area contributed by atoms with Crippen LogP contribution in [-0.2, 0) is 9.53 Å². The highest BCUT2D eigenvalue weighted by atomic mass is 16.5. The van der Waals surface area contributed by atoms with Crippen molar-refractivity contribution in [2.45, 2.75) is 19.9 Å². The smallest absolute Gasteiger partial charge is 0.330 e. The van der Waals surface area contributed by atoms with Gasteiger partial charge in [-0.15, -0.1) is 5.10 Å². The lowest BCUT2D eigenvalue weighted by molar-refractivity contribution is -0.149. The fraction of sp³-hybridized carbons (Fsp3) is 0.636. The second-order valence-electron chi connectivity index (χ2n) is 4.21. The number of amides is 1. The molecule has 2 heterocycles. The number of nitrogens with zero attached hydrogens (tertiary/aromatic N) is 3. The number of H-pyrrole nitrogens is 1. The summed E-state index contributed by atoms with van der Waals surface area (Å²) in [6, 6.07) is -0.625. The van der Waals surface area contributed by atoms with E-state index in [1.807, 2.05) is 0 Å². The van der Waals surface area contributed by atoms with E-state index >= 15 is 0 Å². The highest BCUT2D eigenvalue weighted by Gasteiger charge is 2.35. The Labute approximate surface area is 110 Å². The summed E-state index contributed by atoms with van der Waals surface area (Å²) in [4.78, 5) is 29.6. The minimum Gasteiger partial charge on any atom is -0.464 e. The van der Waals surface area contributed by atoms with Crippen molar-refractivity contribution in [2.24, 2.45) is 0 Å². The molecule has 1 amide bonds. The van der Waals surface area contributed by atoms with Crippen molar-refractivity contribution in [1.82, 2.24) is 25.4 Å². The summed E-state index contributed by atoms with van der Waals surface area (Å²) in [7, 11) is 0. The zero-order chi connectivity index (χ0) is 13.8. The van der Waals surface area contributed by atoms with Gasteiger partial charge in [0.05, 0.1) is 6.61 Å². The summed E-state index contributed by atoms with van der Waals surface area (Å²) in [6.07, 6.45) is 0. The monoisotopic (exact) mass is 267 g/mol. The molecule has 1 aromatic heterocycles. The average molecular weight is 267 g/mol. The van der Waals surface area contributed by atoms with Gasteiger partial charge in [-0.25, -0.2) is 9.78 Å². The number of piperazine rings is 1. The van der Waals surface area contributed by atoms with Gasteiger partial charge in [-0.3, -0.25) is 9.89 Å². The first kappa shape index (κ1) is 13.5.